The van der Waals surface area contributed by atoms with E-state index >= 15 is 0 Å². The summed E-state index contributed by atoms with van der Waals surface area (Å²) in [6, 6.07) is 5.80. The quantitative estimate of drug-likeness (QED) is 0.780. The minimum absolute atomic E-state index is 0.638. The zero-order chi connectivity index (χ0) is 11.7. The monoisotopic (exact) mass is 246 g/mol. The average Bonchev–Trinajstić information content (AvgIpc) is 2.96. The highest BCUT2D eigenvalue weighted by Gasteiger charge is 2.20. The number of carbonyl (C=O) groups is 1. The van der Waals surface area contributed by atoms with Crippen LogP contribution in [0.5, 0.6) is 0 Å². The standard InChI is InChI=1S/C13H14N2OS/c16-9-11-13(17-10-5-1-2-6-10)14-12-7-3-4-8-15(11)12/h3-4,7-10H,1-2,5-6H2. The molecular weight excluding hydrogens is 232 g/mol. The largest absolute Gasteiger partial charge is 0.296 e. The highest BCUT2D eigenvalue weighted by molar-refractivity contribution is 7.99. The fraction of sp³-hybridized carbons (Fsp3) is 0.385. The second-order valence-corrected chi connectivity index (χ2v) is 5.66. The van der Waals surface area contributed by atoms with Gasteiger partial charge >= 0.3 is 0 Å². The molecule has 3 rings (SSSR count). The first kappa shape index (κ1) is 10.8. The molecule has 1 fully saturated rings. The van der Waals surface area contributed by atoms with E-state index in [9.17, 15) is 4.79 Å². The molecule has 0 aliphatic heterocycles. The summed E-state index contributed by atoms with van der Waals surface area (Å²) in [7, 11) is 0. The molecule has 3 nitrogen and oxygen atoms in total. The van der Waals surface area contributed by atoms with E-state index in [-0.39, 0.29) is 0 Å². The van der Waals surface area contributed by atoms with Crippen LogP contribution in [0.3, 0.4) is 0 Å². The number of pyridine rings is 1. The predicted molar refractivity (Wildman–Crippen MR) is 68.7 cm³/mol. The zero-order valence-corrected chi connectivity index (χ0v) is 10.3. The molecule has 1 saturated carbocycles. The van der Waals surface area contributed by atoms with Crippen molar-refractivity contribution in [2.75, 3.05) is 0 Å². The lowest BCUT2D eigenvalue weighted by Gasteiger charge is -2.05. The Morgan fingerprint density at radius 1 is 1.35 bits per heavy atom. The average molecular weight is 246 g/mol. The molecule has 17 heavy (non-hydrogen) atoms. The van der Waals surface area contributed by atoms with E-state index in [0.717, 1.165) is 17.0 Å². The van der Waals surface area contributed by atoms with Gasteiger partial charge < -0.3 is 0 Å². The summed E-state index contributed by atoms with van der Waals surface area (Å²) in [5.74, 6) is 0. The zero-order valence-electron chi connectivity index (χ0n) is 9.50. The molecule has 0 spiro atoms. The number of imidazole rings is 1. The number of aromatic nitrogens is 2. The third-order valence-electron chi connectivity index (χ3n) is 3.23. The summed E-state index contributed by atoms with van der Waals surface area (Å²) in [6.45, 7) is 0. The van der Waals surface area contributed by atoms with Crippen molar-refractivity contribution < 1.29 is 4.79 Å². The fourth-order valence-electron chi connectivity index (χ4n) is 2.35. The molecule has 2 heterocycles. The first-order valence-electron chi connectivity index (χ1n) is 5.97. The van der Waals surface area contributed by atoms with Crippen molar-refractivity contribution in [1.82, 2.24) is 9.38 Å². The highest BCUT2D eigenvalue weighted by atomic mass is 32.2. The van der Waals surface area contributed by atoms with Crippen LogP contribution < -0.4 is 0 Å². The maximum absolute atomic E-state index is 11.2. The number of hydrogen-bond acceptors (Lipinski definition) is 3. The lowest BCUT2D eigenvalue weighted by molar-refractivity contribution is 0.111. The van der Waals surface area contributed by atoms with E-state index in [1.807, 2.05) is 28.8 Å². The number of rotatable bonds is 3. The molecule has 0 aromatic carbocycles. The molecule has 4 heteroatoms. The van der Waals surface area contributed by atoms with Gasteiger partial charge in [-0.15, -0.1) is 11.8 Å². The van der Waals surface area contributed by atoms with Crippen LogP contribution in [0, 0.1) is 0 Å². The van der Waals surface area contributed by atoms with Gasteiger partial charge in [0, 0.05) is 11.4 Å². The lowest BCUT2D eigenvalue weighted by atomic mass is 10.4. The van der Waals surface area contributed by atoms with E-state index < -0.39 is 0 Å². The van der Waals surface area contributed by atoms with Crippen LogP contribution in [-0.4, -0.2) is 20.9 Å². The van der Waals surface area contributed by atoms with Crippen molar-refractivity contribution in [3.63, 3.8) is 0 Å². The molecule has 0 N–H and O–H groups in total. The lowest BCUT2D eigenvalue weighted by Crippen LogP contribution is -1.96. The number of fused-ring (bicyclic) bond motifs is 1. The molecule has 0 bridgehead atoms. The minimum Gasteiger partial charge on any atom is -0.296 e. The first-order valence-corrected chi connectivity index (χ1v) is 6.85. The van der Waals surface area contributed by atoms with E-state index in [2.05, 4.69) is 4.98 Å². The molecule has 1 aliphatic carbocycles. The van der Waals surface area contributed by atoms with Gasteiger partial charge in [0.2, 0.25) is 0 Å². The Kier molecular flexibility index (Phi) is 2.89. The smallest absolute Gasteiger partial charge is 0.169 e. The summed E-state index contributed by atoms with van der Waals surface area (Å²) in [5.41, 5.74) is 1.55. The molecule has 1 aliphatic rings. The number of hydrogen-bond donors (Lipinski definition) is 0. The van der Waals surface area contributed by atoms with E-state index in [4.69, 9.17) is 0 Å². The summed E-state index contributed by atoms with van der Waals surface area (Å²) in [4.78, 5) is 15.7. The van der Waals surface area contributed by atoms with E-state index in [1.165, 1.54) is 25.7 Å². The minimum atomic E-state index is 0.638. The topological polar surface area (TPSA) is 34.4 Å². The van der Waals surface area contributed by atoms with Crippen molar-refractivity contribution in [1.29, 1.82) is 0 Å². The van der Waals surface area contributed by atoms with Crippen molar-refractivity contribution in [2.24, 2.45) is 0 Å². The number of thioether (sulfide) groups is 1. The Bertz CT molecular complexity index is 543. The Morgan fingerprint density at radius 2 is 2.18 bits per heavy atom. The van der Waals surface area contributed by atoms with Gasteiger partial charge in [-0.25, -0.2) is 4.98 Å². The molecule has 0 atom stereocenters. The van der Waals surface area contributed by atoms with Gasteiger partial charge in [0.15, 0.2) is 6.29 Å². The van der Waals surface area contributed by atoms with Crippen molar-refractivity contribution in [3.8, 4) is 0 Å². The number of aldehydes is 1. The van der Waals surface area contributed by atoms with Crippen LogP contribution in [0.25, 0.3) is 5.65 Å². The summed E-state index contributed by atoms with van der Waals surface area (Å²) >= 11 is 1.76. The van der Waals surface area contributed by atoms with Crippen LogP contribution in [0.4, 0.5) is 0 Å². The van der Waals surface area contributed by atoms with Gasteiger partial charge in [-0.1, -0.05) is 18.9 Å². The second-order valence-electron chi connectivity index (χ2n) is 4.37. The number of carbonyl (C=O) groups excluding carboxylic acids is 1. The van der Waals surface area contributed by atoms with Crippen LogP contribution in [-0.2, 0) is 0 Å². The summed E-state index contributed by atoms with van der Waals surface area (Å²) in [6.07, 6.45) is 7.92. The molecule has 0 saturated heterocycles. The van der Waals surface area contributed by atoms with Crippen molar-refractivity contribution in [3.05, 3.63) is 30.1 Å². The molecule has 88 valence electrons. The van der Waals surface area contributed by atoms with Crippen molar-refractivity contribution in [2.45, 2.75) is 36.0 Å². The van der Waals surface area contributed by atoms with E-state index in [1.54, 1.807) is 11.8 Å². The molecule has 0 amide bonds. The van der Waals surface area contributed by atoms with Crippen LogP contribution >= 0.6 is 11.8 Å². The normalized spacial score (nSPS) is 16.7. The van der Waals surface area contributed by atoms with Crippen LogP contribution in [0.15, 0.2) is 29.4 Å². The Balaban J connectivity index is 1.99. The second kappa shape index (κ2) is 4.53. The summed E-state index contributed by atoms with van der Waals surface area (Å²) in [5, 5.41) is 1.52. The van der Waals surface area contributed by atoms with Crippen LogP contribution in [0.1, 0.15) is 36.2 Å². The molecule has 0 radical (unpaired) electrons. The maximum Gasteiger partial charge on any atom is 0.169 e. The Hall–Kier alpha value is -1.29. The third-order valence-corrected chi connectivity index (χ3v) is 4.55. The van der Waals surface area contributed by atoms with Gasteiger partial charge in [-0.2, -0.15) is 0 Å². The molecule has 0 unspecified atom stereocenters. The Labute approximate surface area is 104 Å². The van der Waals surface area contributed by atoms with Crippen LogP contribution in [0.2, 0.25) is 0 Å². The summed E-state index contributed by atoms with van der Waals surface area (Å²) < 4.78 is 1.87. The third kappa shape index (κ3) is 1.97. The predicted octanol–water partition coefficient (Wildman–Crippen LogP) is 3.18. The SMILES string of the molecule is O=Cc1c(SC2CCCC2)nc2ccccn12. The highest BCUT2D eigenvalue weighted by Crippen LogP contribution is 2.35. The molecular formula is C13H14N2OS. The van der Waals surface area contributed by atoms with Crippen molar-refractivity contribution >= 4 is 23.7 Å². The van der Waals surface area contributed by atoms with Gasteiger partial charge in [-0.05, 0) is 25.0 Å². The van der Waals surface area contributed by atoms with Gasteiger partial charge in [0.05, 0.1) is 0 Å². The van der Waals surface area contributed by atoms with Gasteiger partial charge in [-0.3, -0.25) is 9.20 Å². The Morgan fingerprint density at radius 3 is 2.94 bits per heavy atom. The molecule has 2 aromatic heterocycles. The molecule has 2 aromatic rings. The maximum atomic E-state index is 11.2. The van der Waals surface area contributed by atoms with Gasteiger partial charge in [0.1, 0.15) is 16.4 Å². The first-order chi connectivity index (χ1) is 8.38. The fourth-order valence-corrected chi connectivity index (χ4v) is 3.65. The van der Waals surface area contributed by atoms with E-state index in [0.29, 0.717) is 10.9 Å². The number of nitrogens with zero attached hydrogens (tertiary/aromatic N) is 2. The van der Waals surface area contributed by atoms with Gasteiger partial charge in [0.25, 0.3) is 0 Å².